The number of carbonyl (C=O) groups excluding carboxylic acids is 2. The summed E-state index contributed by atoms with van der Waals surface area (Å²) in [4.78, 5) is 24.8. The molecule has 0 atom stereocenters. The topological polar surface area (TPSA) is 113 Å². The van der Waals surface area contributed by atoms with Gasteiger partial charge in [0, 0.05) is 16.8 Å². The van der Waals surface area contributed by atoms with E-state index in [0.717, 1.165) is 17.3 Å². The molecule has 9 nitrogen and oxygen atoms in total. The van der Waals surface area contributed by atoms with E-state index in [1.807, 2.05) is 30.3 Å². The molecule has 194 valence electrons. The number of benzene rings is 3. The van der Waals surface area contributed by atoms with Gasteiger partial charge in [0.1, 0.15) is 0 Å². The van der Waals surface area contributed by atoms with Crippen LogP contribution in [0.3, 0.4) is 0 Å². The fourth-order valence-electron chi connectivity index (χ4n) is 3.46. The summed E-state index contributed by atoms with van der Waals surface area (Å²) < 4.78 is 21.8. The molecular formula is C28H25N3O6S. The first-order valence-electron chi connectivity index (χ1n) is 11.4. The van der Waals surface area contributed by atoms with Crippen molar-refractivity contribution in [2.75, 3.05) is 32.4 Å². The maximum atomic E-state index is 12.4. The van der Waals surface area contributed by atoms with Gasteiger partial charge < -0.3 is 23.9 Å². The highest BCUT2D eigenvalue weighted by Gasteiger charge is 2.18. The van der Waals surface area contributed by atoms with Gasteiger partial charge >= 0.3 is 0 Å². The summed E-state index contributed by atoms with van der Waals surface area (Å²) in [6.45, 7) is 0. The normalized spacial score (nSPS) is 10.8. The SMILES string of the molecule is COc1cc(-c2nnc(SCC(=O)Nc3ccc(C(=O)/C=C/c4ccccc4)cc3)o2)cc(OC)c1OC. The summed E-state index contributed by atoms with van der Waals surface area (Å²) in [6, 6.07) is 19.7. The first-order chi connectivity index (χ1) is 18.5. The third-order valence-electron chi connectivity index (χ3n) is 5.32. The Morgan fingerprint density at radius 1 is 0.921 bits per heavy atom. The summed E-state index contributed by atoms with van der Waals surface area (Å²) >= 11 is 1.10. The molecule has 0 aliphatic rings. The second-order valence-electron chi connectivity index (χ2n) is 7.81. The molecule has 0 unspecified atom stereocenters. The largest absolute Gasteiger partial charge is 0.493 e. The monoisotopic (exact) mass is 531 g/mol. The molecule has 0 aliphatic heterocycles. The van der Waals surface area contributed by atoms with Crippen LogP contribution in [0.15, 0.2) is 82.4 Å². The average molecular weight is 532 g/mol. The van der Waals surface area contributed by atoms with E-state index in [1.54, 1.807) is 42.5 Å². The van der Waals surface area contributed by atoms with E-state index in [0.29, 0.717) is 34.1 Å². The molecule has 0 aliphatic carbocycles. The lowest BCUT2D eigenvalue weighted by Crippen LogP contribution is -2.14. The van der Waals surface area contributed by atoms with Crippen molar-refractivity contribution in [3.63, 3.8) is 0 Å². The van der Waals surface area contributed by atoms with E-state index in [2.05, 4.69) is 15.5 Å². The summed E-state index contributed by atoms with van der Waals surface area (Å²) in [5.74, 6) is 1.27. The number of carbonyl (C=O) groups is 2. The van der Waals surface area contributed by atoms with Crippen LogP contribution >= 0.6 is 11.8 Å². The highest BCUT2D eigenvalue weighted by atomic mass is 32.2. The molecule has 10 heteroatoms. The summed E-state index contributed by atoms with van der Waals surface area (Å²) in [5, 5.41) is 11.1. The van der Waals surface area contributed by atoms with E-state index in [1.165, 1.54) is 27.4 Å². The fourth-order valence-corrected chi connectivity index (χ4v) is 4.03. The van der Waals surface area contributed by atoms with Crippen LogP contribution in [0.4, 0.5) is 5.69 Å². The first kappa shape index (κ1) is 26.5. The number of amides is 1. The fraction of sp³-hybridized carbons (Fsp3) is 0.143. The van der Waals surface area contributed by atoms with Crippen molar-refractivity contribution < 1.29 is 28.2 Å². The Balaban J connectivity index is 1.32. The minimum Gasteiger partial charge on any atom is -0.493 e. The van der Waals surface area contributed by atoms with Gasteiger partial charge in [-0.3, -0.25) is 9.59 Å². The second kappa shape index (κ2) is 12.6. The quantitative estimate of drug-likeness (QED) is 0.155. The Hall–Kier alpha value is -4.57. The highest BCUT2D eigenvalue weighted by Crippen LogP contribution is 2.41. The Kier molecular flexibility index (Phi) is 8.78. The lowest BCUT2D eigenvalue weighted by atomic mass is 10.1. The number of aromatic nitrogens is 2. The zero-order valence-electron chi connectivity index (χ0n) is 21.0. The summed E-state index contributed by atoms with van der Waals surface area (Å²) in [5.41, 5.74) is 2.62. The van der Waals surface area contributed by atoms with Gasteiger partial charge in [0.2, 0.25) is 17.5 Å². The van der Waals surface area contributed by atoms with Crippen LogP contribution in [0.5, 0.6) is 17.2 Å². The maximum absolute atomic E-state index is 12.4. The number of nitrogens with one attached hydrogen (secondary N) is 1. The van der Waals surface area contributed by atoms with E-state index in [9.17, 15) is 9.59 Å². The standard InChI is InChI=1S/C28H25N3O6S/c1-34-23-15-20(16-24(35-2)26(23)36-3)27-30-31-28(37-27)38-17-25(33)29-21-12-10-19(11-13-21)22(32)14-9-18-7-5-4-6-8-18/h4-16H,17H2,1-3H3,(H,29,33)/b14-9+. The van der Waals surface area contributed by atoms with Gasteiger partial charge in [-0.15, -0.1) is 10.2 Å². The number of methoxy groups -OCH3 is 3. The molecule has 3 aromatic carbocycles. The van der Waals surface area contributed by atoms with Gasteiger partial charge in [-0.25, -0.2) is 0 Å². The van der Waals surface area contributed by atoms with Crippen LogP contribution in [-0.2, 0) is 4.79 Å². The van der Waals surface area contributed by atoms with Crippen molar-refractivity contribution in [1.82, 2.24) is 10.2 Å². The third-order valence-corrected chi connectivity index (χ3v) is 6.14. The number of ether oxygens (including phenoxy) is 3. The van der Waals surface area contributed by atoms with Gasteiger partial charge in [-0.1, -0.05) is 48.2 Å². The number of thioether (sulfide) groups is 1. The second-order valence-corrected chi connectivity index (χ2v) is 8.74. The van der Waals surface area contributed by atoms with Gasteiger partial charge in [-0.05, 0) is 48.0 Å². The molecule has 0 bridgehead atoms. The number of nitrogens with zero attached hydrogens (tertiary/aromatic N) is 2. The Morgan fingerprint density at radius 2 is 1.61 bits per heavy atom. The van der Waals surface area contributed by atoms with Gasteiger partial charge in [0.15, 0.2) is 17.3 Å². The molecular weight excluding hydrogens is 506 g/mol. The molecule has 0 radical (unpaired) electrons. The van der Waals surface area contributed by atoms with E-state index in [4.69, 9.17) is 18.6 Å². The highest BCUT2D eigenvalue weighted by molar-refractivity contribution is 7.99. The van der Waals surface area contributed by atoms with Crippen molar-refractivity contribution in [3.05, 3.63) is 83.9 Å². The van der Waals surface area contributed by atoms with Crippen molar-refractivity contribution in [3.8, 4) is 28.7 Å². The van der Waals surface area contributed by atoms with E-state index in [-0.39, 0.29) is 28.6 Å². The molecule has 1 heterocycles. The van der Waals surface area contributed by atoms with Crippen molar-refractivity contribution in [1.29, 1.82) is 0 Å². The van der Waals surface area contributed by atoms with Crippen LogP contribution in [-0.4, -0.2) is 49.0 Å². The number of hydrogen-bond acceptors (Lipinski definition) is 9. The average Bonchev–Trinajstić information content (AvgIpc) is 3.44. The van der Waals surface area contributed by atoms with Gasteiger partial charge in [-0.2, -0.15) is 0 Å². The number of allylic oxidation sites excluding steroid dienone is 1. The Labute approximate surface area is 223 Å². The van der Waals surface area contributed by atoms with Crippen LogP contribution < -0.4 is 19.5 Å². The third kappa shape index (κ3) is 6.60. The predicted octanol–water partition coefficient (Wildman–Crippen LogP) is 5.39. The lowest BCUT2D eigenvalue weighted by molar-refractivity contribution is -0.113. The zero-order valence-corrected chi connectivity index (χ0v) is 21.8. The van der Waals surface area contributed by atoms with Crippen LogP contribution in [0.2, 0.25) is 0 Å². The molecule has 4 rings (SSSR count). The Morgan fingerprint density at radius 3 is 2.24 bits per heavy atom. The molecule has 0 saturated heterocycles. The lowest BCUT2D eigenvalue weighted by Gasteiger charge is -2.12. The van der Waals surface area contributed by atoms with Crippen LogP contribution in [0.1, 0.15) is 15.9 Å². The maximum Gasteiger partial charge on any atom is 0.277 e. The van der Waals surface area contributed by atoms with Crippen LogP contribution in [0.25, 0.3) is 17.5 Å². The molecule has 1 aromatic heterocycles. The van der Waals surface area contributed by atoms with E-state index < -0.39 is 0 Å². The van der Waals surface area contributed by atoms with Crippen molar-refractivity contribution in [2.45, 2.75) is 5.22 Å². The van der Waals surface area contributed by atoms with Crippen molar-refractivity contribution in [2.24, 2.45) is 0 Å². The molecule has 4 aromatic rings. The molecule has 1 N–H and O–H groups in total. The molecule has 0 fully saturated rings. The predicted molar refractivity (Wildman–Crippen MR) is 145 cm³/mol. The van der Waals surface area contributed by atoms with Gasteiger partial charge in [0.05, 0.1) is 27.1 Å². The minimum absolute atomic E-state index is 0.0530. The molecule has 1 amide bonds. The summed E-state index contributed by atoms with van der Waals surface area (Å²) in [7, 11) is 4.55. The van der Waals surface area contributed by atoms with Crippen molar-refractivity contribution >= 4 is 35.2 Å². The summed E-state index contributed by atoms with van der Waals surface area (Å²) in [6.07, 6.45) is 3.29. The number of ketones is 1. The molecule has 0 spiro atoms. The number of anilines is 1. The zero-order chi connectivity index (χ0) is 26.9. The number of rotatable bonds is 11. The Bertz CT molecular complexity index is 1410. The molecule has 38 heavy (non-hydrogen) atoms. The first-order valence-corrected chi connectivity index (χ1v) is 12.4. The van der Waals surface area contributed by atoms with Gasteiger partial charge in [0.25, 0.3) is 5.22 Å². The molecule has 0 saturated carbocycles. The number of hydrogen-bond donors (Lipinski definition) is 1. The van der Waals surface area contributed by atoms with Crippen LogP contribution in [0, 0.1) is 0 Å². The smallest absolute Gasteiger partial charge is 0.277 e. The minimum atomic E-state index is -0.259. The van der Waals surface area contributed by atoms with E-state index >= 15 is 0 Å².